The van der Waals surface area contributed by atoms with Crippen molar-refractivity contribution in [2.45, 2.75) is 31.1 Å². The number of benzene rings is 1. The maximum Gasteiger partial charge on any atom is 0.252 e. The van der Waals surface area contributed by atoms with Crippen LogP contribution in [0.25, 0.3) is 0 Å². The van der Waals surface area contributed by atoms with E-state index in [2.05, 4.69) is 12.2 Å². The molecular weight excluding hydrogens is 278 g/mol. The molecule has 0 fully saturated rings. The molecule has 1 rings (SSSR count). The number of alkyl halides is 1. The van der Waals surface area contributed by atoms with Crippen molar-refractivity contribution in [1.82, 2.24) is 5.32 Å². The second kappa shape index (κ2) is 9.27. The molecule has 1 aromatic carbocycles. The van der Waals surface area contributed by atoms with Gasteiger partial charge in [-0.15, -0.1) is 23.4 Å². The van der Waals surface area contributed by atoms with Crippen LogP contribution in [0, 0.1) is 5.92 Å². The largest absolute Gasteiger partial charge is 0.352 e. The van der Waals surface area contributed by atoms with Gasteiger partial charge < -0.3 is 5.32 Å². The molecule has 1 amide bonds. The van der Waals surface area contributed by atoms with Gasteiger partial charge in [0, 0.05) is 17.3 Å². The monoisotopic (exact) mass is 299 g/mol. The van der Waals surface area contributed by atoms with E-state index in [1.54, 1.807) is 11.8 Å². The Kier molecular flexibility index (Phi) is 7.99. The van der Waals surface area contributed by atoms with E-state index in [1.165, 1.54) is 0 Å². The van der Waals surface area contributed by atoms with Gasteiger partial charge in [-0.1, -0.05) is 25.5 Å². The normalized spacial score (nSPS) is 12.2. The van der Waals surface area contributed by atoms with E-state index >= 15 is 0 Å². The fourth-order valence-electron chi connectivity index (χ4n) is 2.08. The Bertz CT molecular complexity index is 391. The molecular formula is C15H22ClNOS. The summed E-state index contributed by atoms with van der Waals surface area (Å²) in [5.41, 5.74) is 0.760. The van der Waals surface area contributed by atoms with Gasteiger partial charge in [0.25, 0.3) is 5.91 Å². The van der Waals surface area contributed by atoms with Crippen molar-refractivity contribution >= 4 is 29.3 Å². The van der Waals surface area contributed by atoms with E-state index in [0.29, 0.717) is 18.3 Å². The zero-order chi connectivity index (χ0) is 14.1. The first-order chi connectivity index (χ1) is 9.22. The van der Waals surface area contributed by atoms with Gasteiger partial charge in [-0.05, 0) is 37.1 Å². The molecule has 1 atom stereocenters. The Labute approximate surface area is 125 Å². The van der Waals surface area contributed by atoms with Crippen LogP contribution in [0.2, 0.25) is 0 Å². The minimum absolute atomic E-state index is 0.0145. The van der Waals surface area contributed by atoms with Crippen LogP contribution in [0.4, 0.5) is 0 Å². The minimum atomic E-state index is 0.0145. The maximum atomic E-state index is 12.2. The molecule has 2 nitrogen and oxygen atoms in total. The lowest BCUT2D eigenvalue weighted by atomic mass is 10.0. The molecule has 0 radical (unpaired) electrons. The molecule has 106 valence electrons. The molecule has 1 unspecified atom stereocenters. The van der Waals surface area contributed by atoms with Crippen molar-refractivity contribution in [3.05, 3.63) is 29.8 Å². The van der Waals surface area contributed by atoms with Crippen molar-refractivity contribution in [2.75, 3.05) is 18.7 Å². The van der Waals surface area contributed by atoms with Gasteiger partial charge in [-0.2, -0.15) is 0 Å². The number of carbonyl (C=O) groups excluding carboxylic acids is 1. The third-order valence-corrected chi connectivity index (χ3v) is 4.13. The van der Waals surface area contributed by atoms with E-state index in [-0.39, 0.29) is 5.91 Å². The lowest BCUT2D eigenvalue weighted by Crippen LogP contribution is -2.29. The number of halogens is 1. The van der Waals surface area contributed by atoms with Gasteiger partial charge in [0.05, 0.1) is 5.56 Å². The Morgan fingerprint density at radius 3 is 2.74 bits per heavy atom. The average molecular weight is 300 g/mol. The highest BCUT2D eigenvalue weighted by atomic mass is 35.5. The van der Waals surface area contributed by atoms with Crippen LogP contribution < -0.4 is 5.32 Å². The summed E-state index contributed by atoms with van der Waals surface area (Å²) in [6.45, 7) is 2.87. The molecule has 4 heteroatoms. The summed E-state index contributed by atoms with van der Waals surface area (Å²) in [4.78, 5) is 13.2. The summed E-state index contributed by atoms with van der Waals surface area (Å²) in [7, 11) is 0. The molecule has 0 heterocycles. The number of nitrogens with one attached hydrogen (secondary N) is 1. The number of hydrogen-bond donors (Lipinski definition) is 1. The lowest BCUT2D eigenvalue weighted by Gasteiger charge is -2.16. The number of hydrogen-bond acceptors (Lipinski definition) is 2. The molecule has 0 spiro atoms. The topological polar surface area (TPSA) is 29.1 Å². The number of amides is 1. The van der Waals surface area contributed by atoms with Crippen molar-refractivity contribution in [1.29, 1.82) is 0 Å². The van der Waals surface area contributed by atoms with Gasteiger partial charge in [0.2, 0.25) is 0 Å². The third kappa shape index (κ3) is 5.45. The van der Waals surface area contributed by atoms with Crippen LogP contribution in [0.3, 0.4) is 0 Å². The number of rotatable bonds is 8. The summed E-state index contributed by atoms with van der Waals surface area (Å²) in [5.74, 6) is 1.15. The first-order valence-electron chi connectivity index (χ1n) is 6.70. The smallest absolute Gasteiger partial charge is 0.252 e. The first-order valence-corrected chi connectivity index (χ1v) is 8.46. The van der Waals surface area contributed by atoms with E-state index in [0.717, 1.165) is 29.7 Å². The number of thioether (sulfide) groups is 1. The fourth-order valence-corrected chi connectivity index (χ4v) is 2.98. The SMILES string of the molecule is CCCC(CCCl)CNC(=O)c1ccccc1SC. The molecule has 0 aliphatic rings. The summed E-state index contributed by atoms with van der Waals surface area (Å²) in [6.07, 6.45) is 5.18. The maximum absolute atomic E-state index is 12.2. The summed E-state index contributed by atoms with van der Waals surface area (Å²) in [5, 5.41) is 3.03. The van der Waals surface area contributed by atoms with Gasteiger partial charge in [-0.3, -0.25) is 4.79 Å². The fraction of sp³-hybridized carbons (Fsp3) is 0.533. The second-order valence-electron chi connectivity index (χ2n) is 4.54. The zero-order valence-electron chi connectivity index (χ0n) is 11.6. The molecule has 19 heavy (non-hydrogen) atoms. The van der Waals surface area contributed by atoms with Crippen molar-refractivity contribution < 1.29 is 4.79 Å². The molecule has 1 N–H and O–H groups in total. The third-order valence-electron chi connectivity index (χ3n) is 3.12. The molecule has 0 aliphatic carbocycles. The van der Waals surface area contributed by atoms with Crippen LogP contribution in [0.1, 0.15) is 36.5 Å². The van der Waals surface area contributed by atoms with Gasteiger partial charge >= 0.3 is 0 Å². The molecule has 1 aromatic rings. The molecule has 0 bridgehead atoms. The highest BCUT2D eigenvalue weighted by molar-refractivity contribution is 7.98. The standard InChI is InChI=1S/C15H22ClNOS/c1-3-6-12(9-10-16)11-17-15(18)13-7-4-5-8-14(13)19-2/h4-5,7-8,12H,3,6,9-11H2,1-2H3,(H,17,18). The van der Waals surface area contributed by atoms with E-state index in [1.807, 2.05) is 30.5 Å². The van der Waals surface area contributed by atoms with E-state index in [4.69, 9.17) is 11.6 Å². The van der Waals surface area contributed by atoms with Crippen LogP contribution in [0.15, 0.2) is 29.2 Å². The minimum Gasteiger partial charge on any atom is -0.352 e. The highest BCUT2D eigenvalue weighted by Crippen LogP contribution is 2.20. The Hall–Kier alpha value is -0.670. The van der Waals surface area contributed by atoms with Crippen LogP contribution in [-0.4, -0.2) is 24.6 Å². The Morgan fingerprint density at radius 1 is 1.37 bits per heavy atom. The van der Waals surface area contributed by atoms with E-state index < -0.39 is 0 Å². The van der Waals surface area contributed by atoms with E-state index in [9.17, 15) is 4.79 Å². The molecule has 0 aromatic heterocycles. The van der Waals surface area contributed by atoms with Gasteiger partial charge in [0.15, 0.2) is 0 Å². The van der Waals surface area contributed by atoms with Crippen LogP contribution in [-0.2, 0) is 0 Å². The predicted molar refractivity (Wildman–Crippen MR) is 84.3 cm³/mol. The number of carbonyl (C=O) groups is 1. The van der Waals surface area contributed by atoms with Crippen LogP contribution in [0.5, 0.6) is 0 Å². The quantitative estimate of drug-likeness (QED) is 0.576. The predicted octanol–water partition coefficient (Wildman–Crippen LogP) is 4.18. The summed E-state index contributed by atoms with van der Waals surface area (Å²) >= 11 is 7.39. The lowest BCUT2D eigenvalue weighted by molar-refractivity contribution is 0.0943. The zero-order valence-corrected chi connectivity index (χ0v) is 13.2. The average Bonchev–Trinajstić information content (AvgIpc) is 2.44. The molecule has 0 saturated carbocycles. The first kappa shape index (κ1) is 16.4. The summed E-state index contributed by atoms with van der Waals surface area (Å²) < 4.78 is 0. The van der Waals surface area contributed by atoms with Crippen molar-refractivity contribution in [3.8, 4) is 0 Å². The van der Waals surface area contributed by atoms with Crippen molar-refractivity contribution in [3.63, 3.8) is 0 Å². The van der Waals surface area contributed by atoms with Gasteiger partial charge in [0.1, 0.15) is 0 Å². The second-order valence-corrected chi connectivity index (χ2v) is 5.77. The summed E-state index contributed by atoms with van der Waals surface area (Å²) in [6, 6.07) is 7.70. The van der Waals surface area contributed by atoms with Gasteiger partial charge in [-0.25, -0.2) is 0 Å². The molecule has 0 aliphatic heterocycles. The Morgan fingerprint density at radius 2 is 2.11 bits per heavy atom. The Balaban J connectivity index is 2.58. The van der Waals surface area contributed by atoms with Crippen molar-refractivity contribution in [2.24, 2.45) is 5.92 Å². The molecule has 0 saturated heterocycles. The van der Waals surface area contributed by atoms with Crippen LogP contribution >= 0.6 is 23.4 Å². The highest BCUT2D eigenvalue weighted by Gasteiger charge is 2.13.